The molecule has 3 heteroatoms. The molecule has 1 aliphatic heterocycles. The summed E-state index contributed by atoms with van der Waals surface area (Å²) in [6, 6.07) is 3.84. The summed E-state index contributed by atoms with van der Waals surface area (Å²) in [4.78, 5) is 3.69. The molecule has 0 aromatic carbocycles. The van der Waals surface area contributed by atoms with Crippen LogP contribution in [-0.4, -0.2) is 17.6 Å². The highest BCUT2D eigenvalue weighted by Crippen LogP contribution is 2.35. The van der Waals surface area contributed by atoms with Crippen molar-refractivity contribution < 1.29 is 4.39 Å². The minimum atomic E-state index is -0.407. The molecule has 1 aliphatic carbocycles. The number of rotatable bonds is 1. The topological polar surface area (TPSA) is 24.9 Å². The van der Waals surface area contributed by atoms with E-state index in [1.165, 1.54) is 18.1 Å². The third-order valence-corrected chi connectivity index (χ3v) is 3.35. The highest BCUT2D eigenvalue weighted by atomic mass is 19.1. The van der Waals surface area contributed by atoms with Gasteiger partial charge in [-0.2, -0.15) is 4.39 Å². The summed E-state index contributed by atoms with van der Waals surface area (Å²) >= 11 is 0. The Labute approximate surface area is 88.2 Å². The predicted molar refractivity (Wildman–Crippen MR) is 56.7 cm³/mol. The molecule has 0 radical (unpaired) electrons. The van der Waals surface area contributed by atoms with Crippen LogP contribution < -0.4 is 5.32 Å². The molecule has 2 nitrogen and oxygen atoms in total. The molecule has 1 fully saturated rings. The third-order valence-electron chi connectivity index (χ3n) is 3.35. The normalized spacial score (nSPS) is 29.0. The van der Waals surface area contributed by atoms with Gasteiger partial charge in [0.15, 0.2) is 0 Å². The van der Waals surface area contributed by atoms with Gasteiger partial charge in [-0.25, -0.2) is 4.98 Å². The van der Waals surface area contributed by atoms with E-state index in [1.54, 1.807) is 6.20 Å². The van der Waals surface area contributed by atoms with E-state index in [-0.39, 0.29) is 0 Å². The second kappa shape index (κ2) is 3.42. The molecular formula is C12H13FN2. The molecule has 2 heterocycles. The van der Waals surface area contributed by atoms with Crippen LogP contribution in [0.5, 0.6) is 0 Å². The molecular weight excluding hydrogens is 191 g/mol. The van der Waals surface area contributed by atoms with E-state index >= 15 is 0 Å². The Morgan fingerprint density at radius 1 is 1.40 bits per heavy atom. The standard InChI is InChI=1S/C12H13FN2/c13-12-2-1-9(7-15-12)10-5-8-3-4-14-11(8)6-10/h1-2,5,7-8,11,14H,3-4,6H2/t8-,11+/m1/s1. The van der Waals surface area contributed by atoms with Gasteiger partial charge < -0.3 is 5.32 Å². The highest BCUT2D eigenvalue weighted by Gasteiger charge is 2.31. The first-order valence-electron chi connectivity index (χ1n) is 5.39. The highest BCUT2D eigenvalue weighted by molar-refractivity contribution is 5.68. The zero-order chi connectivity index (χ0) is 10.3. The summed E-state index contributed by atoms with van der Waals surface area (Å²) in [5.74, 6) is 0.265. The van der Waals surface area contributed by atoms with Gasteiger partial charge in [-0.3, -0.25) is 0 Å². The fourth-order valence-electron chi connectivity index (χ4n) is 2.55. The van der Waals surface area contributed by atoms with Crippen molar-refractivity contribution >= 4 is 5.57 Å². The van der Waals surface area contributed by atoms with Crippen LogP contribution in [0, 0.1) is 11.9 Å². The van der Waals surface area contributed by atoms with Crippen LogP contribution in [0.1, 0.15) is 18.4 Å². The Hall–Kier alpha value is -1.22. The van der Waals surface area contributed by atoms with Gasteiger partial charge >= 0.3 is 0 Å². The van der Waals surface area contributed by atoms with Crippen molar-refractivity contribution in [3.63, 3.8) is 0 Å². The Morgan fingerprint density at radius 3 is 3.07 bits per heavy atom. The van der Waals surface area contributed by atoms with Gasteiger partial charge in [0.2, 0.25) is 5.95 Å². The fraction of sp³-hybridized carbons (Fsp3) is 0.417. The lowest BCUT2D eigenvalue weighted by molar-refractivity contribution is 0.562. The number of hydrogen-bond donors (Lipinski definition) is 1. The summed E-state index contributed by atoms with van der Waals surface area (Å²) in [7, 11) is 0. The predicted octanol–water partition coefficient (Wildman–Crippen LogP) is 1.99. The first-order valence-corrected chi connectivity index (χ1v) is 5.39. The zero-order valence-corrected chi connectivity index (χ0v) is 8.41. The van der Waals surface area contributed by atoms with Gasteiger partial charge in [0.05, 0.1) is 0 Å². The minimum absolute atomic E-state index is 0.407. The molecule has 1 N–H and O–H groups in total. The number of fused-ring (bicyclic) bond motifs is 1. The molecule has 0 spiro atoms. The monoisotopic (exact) mass is 204 g/mol. The van der Waals surface area contributed by atoms with Gasteiger partial charge in [0, 0.05) is 12.2 Å². The number of aromatic nitrogens is 1. The van der Waals surface area contributed by atoms with Crippen molar-refractivity contribution in [3.8, 4) is 0 Å². The van der Waals surface area contributed by atoms with Gasteiger partial charge in [0.25, 0.3) is 0 Å². The van der Waals surface area contributed by atoms with Crippen molar-refractivity contribution in [2.45, 2.75) is 18.9 Å². The number of nitrogens with one attached hydrogen (secondary N) is 1. The summed E-state index contributed by atoms with van der Waals surface area (Å²) in [6.07, 6.45) is 6.22. The maximum absolute atomic E-state index is 12.7. The maximum atomic E-state index is 12.7. The molecule has 2 aliphatic rings. The Balaban J connectivity index is 1.87. The number of hydrogen-bond acceptors (Lipinski definition) is 2. The van der Waals surface area contributed by atoms with E-state index in [9.17, 15) is 4.39 Å². The molecule has 0 bridgehead atoms. The molecule has 2 atom stereocenters. The van der Waals surface area contributed by atoms with Gasteiger partial charge in [0.1, 0.15) is 0 Å². The first-order chi connectivity index (χ1) is 7.33. The van der Waals surface area contributed by atoms with Crippen LogP contribution in [0.3, 0.4) is 0 Å². The van der Waals surface area contributed by atoms with E-state index in [0.717, 1.165) is 18.5 Å². The van der Waals surface area contributed by atoms with E-state index < -0.39 is 5.95 Å². The Kier molecular flexibility index (Phi) is 2.06. The van der Waals surface area contributed by atoms with Crippen LogP contribution in [0.4, 0.5) is 4.39 Å². The summed E-state index contributed by atoms with van der Waals surface area (Å²) in [5.41, 5.74) is 2.37. The van der Waals surface area contributed by atoms with E-state index in [0.29, 0.717) is 12.0 Å². The van der Waals surface area contributed by atoms with E-state index in [2.05, 4.69) is 16.4 Å². The largest absolute Gasteiger partial charge is 0.313 e. The van der Waals surface area contributed by atoms with Gasteiger partial charge in [-0.1, -0.05) is 6.08 Å². The van der Waals surface area contributed by atoms with Crippen LogP contribution >= 0.6 is 0 Å². The van der Waals surface area contributed by atoms with Crippen molar-refractivity contribution in [1.29, 1.82) is 0 Å². The second-order valence-corrected chi connectivity index (χ2v) is 4.28. The first kappa shape index (κ1) is 9.04. The van der Waals surface area contributed by atoms with Crippen LogP contribution in [0.15, 0.2) is 24.4 Å². The van der Waals surface area contributed by atoms with Crippen LogP contribution in [0.2, 0.25) is 0 Å². The molecule has 0 amide bonds. The molecule has 1 aromatic heterocycles. The Morgan fingerprint density at radius 2 is 2.33 bits per heavy atom. The lowest BCUT2D eigenvalue weighted by Crippen LogP contribution is -2.22. The number of pyridine rings is 1. The summed E-state index contributed by atoms with van der Waals surface area (Å²) in [5, 5.41) is 3.48. The van der Waals surface area contributed by atoms with Crippen LogP contribution in [0.25, 0.3) is 5.57 Å². The quantitative estimate of drug-likeness (QED) is 0.707. The molecule has 1 aromatic rings. The lowest BCUT2D eigenvalue weighted by Gasteiger charge is -2.08. The minimum Gasteiger partial charge on any atom is -0.313 e. The number of halogens is 1. The van der Waals surface area contributed by atoms with E-state index in [4.69, 9.17) is 0 Å². The van der Waals surface area contributed by atoms with E-state index in [1.807, 2.05) is 6.07 Å². The zero-order valence-electron chi connectivity index (χ0n) is 8.41. The summed E-state index contributed by atoms with van der Waals surface area (Å²) in [6.45, 7) is 1.13. The molecule has 1 saturated heterocycles. The summed E-state index contributed by atoms with van der Waals surface area (Å²) < 4.78 is 12.7. The average molecular weight is 204 g/mol. The average Bonchev–Trinajstić information content (AvgIpc) is 2.78. The second-order valence-electron chi connectivity index (χ2n) is 4.28. The molecule has 0 saturated carbocycles. The molecule has 0 unspecified atom stereocenters. The molecule has 3 rings (SSSR count). The fourth-order valence-corrected chi connectivity index (χ4v) is 2.55. The van der Waals surface area contributed by atoms with Gasteiger partial charge in [-0.05, 0) is 48.6 Å². The maximum Gasteiger partial charge on any atom is 0.212 e. The smallest absolute Gasteiger partial charge is 0.212 e. The van der Waals surface area contributed by atoms with Crippen molar-refractivity contribution in [1.82, 2.24) is 10.3 Å². The van der Waals surface area contributed by atoms with Crippen LogP contribution in [-0.2, 0) is 0 Å². The Bertz CT molecular complexity index is 397. The third kappa shape index (κ3) is 1.57. The van der Waals surface area contributed by atoms with Crippen molar-refractivity contribution in [3.05, 3.63) is 35.9 Å². The van der Waals surface area contributed by atoms with Gasteiger partial charge in [-0.15, -0.1) is 0 Å². The SMILES string of the molecule is Fc1ccc(C2=C[C@H]3CCN[C@H]3C2)cn1. The lowest BCUT2D eigenvalue weighted by atomic mass is 10.1. The van der Waals surface area contributed by atoms with Crippen molar-refractivity contribution in [2.75, 3.05) is 6.54 Å². The molecule has 78 valence electrons. The number of nitrogens with zero attached hydrogens (tertiary/aromatic N) is 1. The molecule has 15 heavy (non-hydrogen) atoms. The van der Waals surface area contributed by atoms with Crippen molar-refractivity contribution in [2.24, 2.45) is 5.92 Å².